The average Bonchev–Trinajstić information content (AvgIpc) is 2.86. The molecule has 0 bridgehead atoms. The van der Waals surface area contributed by atoms with Gasteiger partial charge < -0.3 is 23.7 Å². The number of carbonyl (C=O) groups excluding carboxylic acids is 4. The summed E-state index contributed by atoms with van der Waals surface area (Å²) in [6, 6.07) is 9.14. The van der Waals surface area contributed by atoms with E-state index in [0.29, 0.717) is 0 Å². The number of esters is 4. The molecule has 0 aromatic heterocycles. The number of benzene rings is 1. The van der Waals surface area contributed by atoms with Crippen molar-refractivity contribution in [3.8, 4) is 0 Å². The van der Waals surface area contributed by atoms with Crippen LogP contribution in [0.15, 0.2) is 35.2 Å². The Hall–Kier alpha value is -2.63. The van der Waals surface area contributed by atoms with Crippen LogP contribution >= 0.6 is 12.0 Å². The van der Waals surface area contributed by atoms with Gasteiger partial charge in [0.2, 0.25) is 6.29 Å². The van der Waals surface area contributed by atoms with Gasteiger partial charge in [0.25, 0.3) is 0 Å². The van der Waals surface area contributed by atoms with Gasteiger partial charge >= 0.3 is 23.9 Å². The molecule has 1 heterocycles. The molecular weight excluding hydrogens is 576 g/mol. The van der Waals surface area contributed by atoms with Crippen molar-refractivity contribution in [1.29, 1.82) is 0 Å². The summed E-state index contributed by atoms with van der Waals surface area (Å²) in [4.78, 5) is 53.2. The monoisotopic (exact) mass is 624 g/mol. The van der Waals surface area contributed by atoms with Crippen molar-refractivity contribution in [3.05, 3.63) is 30.3 Å². The summed E-state index contributed by atoms with van der Waals surface area (Å²) in [6.45, 7) is 19.8. The lowest BCUT2D eigenvalue weighted by molar-refractivity contribution is -0.291. The Morgan fingerprint density at radius 2 is 1.05 bits per heavy atom. The minimum Gasteiger partial charge on any atom is -0.462 e. The molecule has 10 nitrogen and oxygen atoms in total. The highest BCUT2D eigenvalue weighted by molar-refractivity contribution is 7.94. The number of rotatable bonds is 8. The van der Waals surface area contributed by atoms with Crippen molar-refractivity contribution < 1.29 is 47.0 Å². The lowest BCUT2D eigenvalue weighted by atomic mass is 9.93. The zero-order chi connectivity index (χ0) is 33.0. The Balaban J connectivity index is 2.64. The normalized spacial score (nSPS) is 23.2. The Bertz CT molecular complexity index is 1120. The molecule has 1 aromatic carbocycles. The number of ether oxygens (including phenoxy) is 5. The first kappa shape index (κ1) is 36.6. The Kier molecular flexibility index (Phi) is 11.9. The molecule has 0 amide bonds. The van der Waals surface area contributed by atoms with Crippen LogP contribution in [-0.2, 0) is 47.0 Å². The molecule has 0 aliphatic carbocycles. The van der Waals surface area contributed by atoms with Gasteiger partial charge in [-0.25, -0.2) is 0 Å². The summed E-state index contributed by atoms with van der Waals surface area (Å²) in [5.74, 6) is -2.38. The third-order valence-electron chi connectivity index (χ3n) is 6.13. The molecule has 5 atom stereocenters. The molecule has 0 saturated carbocycles. The van der Waals surface area contributed by atoms with Gasteiger partial charge in [0.05, 0.1) is 21.7 Å². The minimum atomic E-state index is -1.36. The average molecular weight is 625 g/mol. The van der Waals surface area contributed by atoms with Crippen LogP contribution in [0.25, 0.3) is 0 Å². The van der Waals surface area contributed by atoms with Crippen LogP contribution in [0.3, 0.4) is 0 Å². The molecule has 11 heteroatoms. The summed E-state index contributed by atoms with van der Waals surface area (Å²) in [6.07, 6.45) is -6.47. The molecule has 43 heavy (non-hydrogen) atoms. The summed E-state index contributed by atoms with van der Waals surface area (Å²) >= 11 is 0.970. The quantitative estimate of drug-likeness (QED) is 0.195. The largest absolute Gasteiger partial charge is 0.462 e. The van der Waals surface area contributed by atoms with Gasteiger partial charge in [0, 0.05) is 16.9 Å². The van der Waals surface area contributed by atoms with Crippen molar-refractivity contribution in [2.75, 3.05) is 6.61 Å². The first-order valence-electron chi connectivity index (χ1n) is 14.4. The summed E-state index contributed by atoms with van der Waals surface area (Å²) < 4.78 is 35.8. The van der Waals surface area contributed by atoms with Gasteiger partial charge in [0.1, 0.15) is 12.7 Å². The Labute approximate surface area is 260 Å². The summed E-state index contributed by atoms with van der Waals surface area (Å²) in [7, 11) is 0. The van der Waals surface area contributed by atoms with E-state index in [0.717, 1.165) is 16.9 Å². The molecule has 0 N–H and O–H groups in total. The minimum absolute atomic E-state index is 0.350. The molecule has 1 fully saturated rings. The summed E-state index contributed by atoms with van der Waals surface area (Å²) in [5.41, 5.74) is -3.67. The van der Waals surface area contributed by atoms with Gasteiger partial charge in [-0.15, -0.1) is 0 Å². The van der Waals surface area contributed by atoms with E-state index >= 15 is 0 Å². The van der Waals surface area contributed by atoms with Crippen molar-refractivity contribution in [2.45, 2.75) is 119 Å². The van der Waals surface area contributed by atoms with Gasteiger partial charge in [-0.3, -0.25) is 23.4 Å². The standard InChI is InChI=1S/C32H48O10S/c1-29(2,3)25(33)37-18-20-21(39-26(34)30(4,5)6)22(40-27(35)31(7,8)9)23(41-28(36)32(10,11)12)24(38-20)42-43-19-16-14-13-15-17-19/h13-17,20-24H,18H2,1-12H3/t20-,21-,22+,23-,24+/m1/s1. The second-order valence-electron chi connectivity index (χ2n) is 14.7. The second-order valence-corrected chi connectivity index (χ2v) is 15.6. The molecule has 0 spiro atoms. The van der Waals surface area contributed by atoms with Gasteiger partial charge in [-0.2, -0.15) is 0 Å². The molecule has 242 valence electrons. The van der Waals surface area contributed by atoms with E-state index in [1.165, 1.54) is 0 Å². The molecule has 1 aliphatic rings. The van der Waals surface area contributed by atoms with E-state index in [2.05, 4.69) is 0 Å². The lowest BCUT2D eigenvalue weighted by Gasteiger charge is -2.45. The van der Waals surface area contributed by atoms with E-state index in [4.69, 9.17) is 27.9 Å². The van der Waals surface area contributed by atoms with E-state index in [1.807, 2.05) is 30.3 Å². The van der Waals surface area contributed by atoms with Crippen molar-refractivity contribution in [1.82, 2.24) is 0 Å². The van der Waals surface area contributed by atoms with Crippen LogP contribution in [-0.4, -0.2) is 61.2 Å². The molecule has 1 aliphatic heterocycles. The zero-order valence-corrected chi connectivity index (χ0v) is 28.3. The van der Waals surface area contributed by atoms with Crippen LogP contribution < -0.4 is 0 Å². The van der Waals surface area contributed by atoms with E-state index in [1.54, 1.807) is 83.1 Å². The molecule has 2 rings (SSSR count). The van der Waals surface area contributed by atoms with Crippen molar-refractivity contribution in [3.63, 3.8) is 0 Å². The fourth-order valence-corrected chi connectivity index (χ4v) is 3.98. The first-order valence-corrected chi connectivity index (χ1v) is 15.1. The fraction of sp³-hybridized carbons (Fsp3) is 0.688. The third-order valence-corrected chi connectivity index (χ3v) is 6.88. The maximum Gasteiger partial charge on any atom is 0.311 e. The molecule has 0 radical (unpaired) electrons. The van der Waals surface area contributed by atoms with Gasteiger partial charge in [-0.05, 0) is 95.2 Å². The Morgan fingerprint density at radius 3 is 1.49 bits per heavy atom. The second kappa shape index (κ2) is 14.0. The molecule has 0 unspecified atom stereocenters. The summed E-state index contributed by atoms with van der Waals surface area (Å²) in [5, 5.41) is 0. The van der Waals surface area contributed by atoms with Crippen LogP contribution in [0.4, 0.5) is 0 Å². The smallest absolute Gasteiger partial charge is 0.311 e. The van der Waals surface area contributed by atoms with Crippen molar-refractivity contribution >= 4 is 35.9 Å². The van der Waals surface area contributed by atoms with E-state index in [9.17, 15) is 19.2 Å². The zero-order valence-electron chi connectivity index (χ0n) is 27.5. The SMILES string of the molecule is CC(C)(C)C(=O)OC[C@H]1O[C@@H](OSc2ccccc2)[C@H](OC(=O)C(C)(C)C)[C@@H](OC(=O)C(C)(C)C)[C@@H]1OC(=O)C(C)(C)C. The molecular formula is C32H48O10S. The van der Waals surface area contributed by atoms with Crippen LogP contribution in [0.2, 0.25) is 0 Å². The maximum absolute atomic E-state index is 13.3. The Morgan fingerprint density at radius 1 is 0.628 bits per heavy atom. The van der Waals surface area contributed by atoms with Gasteiger partial charge in [-0.1, -0.05) is 18.2 Å². The number of hydrogen-bond donors (Lipinski definition) is 0. The van der Waals surface area contributed by atoms with Gasteiger partial charge in [0.15, 0.2) is 18.3 Å². The molecule has 1 saturated heterocycles. The lowest BCUT2D eigenvalue weighted by Crippen LogP contribution is -2.64. The maximum atomic E-state index is 13.3. The topological polar surface area (TPSA) is 124 Å². The predicted molar refractivity (Wildman–Crippen MR) is 160 cm³/mol. The number of carbonyl (C=O) groups is 4. The number of hydrogen-bond acceptors (Lipinski definition) is 11. The highest BCUT2D eigenvalue weighted by atomic mass is 32.2. The van der Waals surface area contributed by atoms with Crippen LogP contribution in [0.1, 0.15) is 83.1 Å². The van der Waals surface area contributed by atoms with Crippen LogP contribution in [0.5, 0.6) is 0 Å². The van der Waals surface area contributed by atoms with Crippen molar-refractivity contribution in [2.24, 2.45) is 21.7 Å². The highest BCUT2D eigenvalue weighted by Gasteiger charge is 2.55. The van der Waals surface area contributed by atoms with E-state index in [-0.39, 0.29) is 6.61 Å². The third kappa shape index (κ3) is 10.8. The first-order chi connectivity index (χ1) is 19.5. The fourth-order valence-electron chi connectivity index (χ4n) is 3.35. The predicted octanol–water partition coefficient (Wildman–Crippen LogP) is 5.90. The molecule has 1 aromatic rings. The van der Waals surface area contributed by atoms with E-state index < -0.39 is 76.2 Å². The van der Waals surface area contributed by atoms with Crippen LogP contribution in [0, 0.1) is 21.7 Å². The highest BCUT2D eigenvalue weighted by Crippen LogP contribution is 2.36.